The van der Waals surface area contributed by atoms with Crippen molar-refractivity contribution < 1.29 is 31.9 Å². The van der Waals surface area contributed by atoms with Crippen molar-refractivity contribution in [3.05, 3.63) is 40.9 Å². The van der Waals surface area contributed by atoms with Crippen LogP contribution in [0.25, 0.3) is 0 Å². The Balaban J connectivity index is 1.74. The van der Waals surface area contributed by atoms with Gasteiger partial charge in [-0.3, -0.25) is 9.36 Å². The monoisotopic (exact) mass is 558 g/mol. The van der Waals surface area contributed by atoms with E-state index in [-0.39, 0.29) is 35.9 Å². The highest BCUT2D eigenvalue weighted by Crippen LogP contribution is 2.50. The Morgan fingerprint density at radius 3 is 2.36 bits per heavy atom. The molecule has 1 fully saturated rings. The van der Waals surface area contributed by atoms with E-state index in [4.69, 9.17) is 9.05 Å². The van der Waals surface area contributed by atoms with Gasteiger partial charge in [-0.15, -0.1) is 11.3 Å². The lowest BCUT2D eigenvalue weighted by molar-refractivity contribution is -0.118. The molecule has 2 atom stereocenters. The molecular weight excluding hydrogens is 523 g/mol. The number of rotatable bonds is 13. The quantitative estimate of drug-likeness (QED) is 0.323. The van der Waals surface area contributed by atoms with Crippen LogP contribution in [0.1, 0.15) is 69.2 Å². The smallest absolute Gasteiger partial charge is 0.333 e. The average Bonchev–Trinajstić information content (AvgIpc) is 3.49. The summed E-state index contributed by atoms with van der Waals surface area (Å²) >= 11 is 1.17. The second kappa shape index (κ2) is 12.8. The maximum Gasteiger partial charge on any atom is 0.333 e. The molecule has 1 amide bonds. The molecule has 2 N–H and O–H groups in total. The predicted molar refractivity (Wildman–Crippen MR) is 140 cm³/mol. The first kappa shape index (κ1) is 28.9. The van der Waals surface area contributed by atoms with Crippen molar-refractivity contribution >= 4 is 39.8 Å². The van der Waals surface area contributed by atoms with E-state index in [0.29, 0.717) is 17.5 Å². The number of carbonyl (C=O) groups is 1. The molecular formula is C24H35N2O7PS2. The third-order valence-electron chi connectivity index (χ3n) is 6.21. The van der Waals surface area contributed by atoms with E-state index < -0.39 is 29.5 Å². The number of amides is 1. The van der Waals surface area contributed by atoms with Crippen LogP contribution in [-0.4, -0.2) is 50.0 Å². The summed E-state index contributed by atoms with van der Waals surface area (Å²) in [7, 11) is -6.80. The van der Waals surface area contributed by atoms with Crippen molar-refractivity contribution in [3.63, 3.8) is 0 Å². The maximum absolute atomic E-state index is 13.4. The zero-order valence-corrected chi connectivity index (χ0v) is 23.4. The summed E-state index contributed by atoms with van der Waals surface area (Å²) in [5.74, 6) is -0.274. The molecule has 1 aromatic carbocycles. The van der Waals surface area contributed by atoms with Crippen LogP contribution < -0.4 is 5.32 Å². The number of anilines is 1. The van der Waals surface area contributed by atoms with E-state index in [2.05, 4.69) is 10.3 Å². The third-order valence-corrected chi connectivity index (χ3v) is 10.2. The van der Waals surface area contributed by atoms with Crippen LogP contribution in [0.2, 0.25) is 0 Å². The van der Waals surface area contributed by atoms with Gasteiger partial charge in [-0.25, -0.2) is 13.4 Å². The SMILES string of the molecule is CCOP(=O)(CC(O)c1csc(NC(=O)[C@H](CC2CCCC2)c2ccc(S(C)(=O)=O)cc2)n1)OCC. The molecule has 200 valence electrons. The number of nitrogens with zero attached hydrogens (tertiary/aromatic N) is 1. The molecule has 36 heavy (non-hydrogen) atoms. The molecule has 1 aromatic heterocycles. The number of carbonyl (C=O) groups excluding carboxylic acids is 1. The molecule has 1 aliphatic carbocycles. The highest BCUT2D eigenvalue weighted by Gasteiger charge is 2.31. The normalized spacial score (nSPS) is 16.7. The lowest BCUT2D eigenvalue weighted by Gasteiger charge is -2.20. The first-order valence-corrected chi connectivity index (χ1v) is 16.7. The number of sulfone groups is 1. The number of benzene rings is 1. The molecule has 0 saturated heterocycles. The number of thiazole rings is 1. The molecule has 1 unspecified atom stereocenters. The summed E-state index contributed by atoms with van der Waals surface area (Å²) in [5, 5.41) is 15.4. The van der Waals surface area contributed by atoms with Crippen molar-refractivity contribution in [2.45, 2.75) is 62.9 Å². The van der Waals surface area contributed by atoms with Crippen molar-refractivity contribution in [1.29, 1.82) is 0 Å². The second-order valence-corrected chi connectivity index (χ2v) is 14.0. The minimum absolute atomic E-state index is 0.190. The molecule has 1 saturated carbocycles. The van der Waals surface area contributed by atoms with Crippen LogP contribution in [-0.2, 0) is 28.2 Å². The maximum atomic E-state index is 13.4. The van der Waals surface area contributed by atoms with Crippen LogP contribution in [0.15, 0.2) is 34.5 Å². The van der Waals surface area contributed by atoms with Gasteiger partial charge in [0.25, 0.3) is 0 Å². The second-order valence-electron chi connectivity index (χ2n) is 8.99. The first-order chi connectivity index (χ1) is 17.0. The molecule has 0 radical (unpaired) electrons. The van der Waals surface area contributed by atoms with Crippen LogP contribution in [0.5, 0.6) is 0 Å². The van der Waals surface area contributed by atoms with E-state index >= 15 is 0 Å². The van der Waals surface area contributed by atoms with Gasteiger partial charge >= 0.3 is 7.60 Å². The highest BCUT2D eigenvalue weighted by atomic mass is 32.2. The lowest BCUT2D eigenvalue weighted by atomic mass is 9.87. The number of aromatic nitrogens is 1. The van der Waals surface area contributed by atoms with Crippen molar-refractivity contribution in [2.24, 2.45) is 5.92 Å². The van der Waals surface area contributed by atoms with Gasteiger partial charge in [0, 0.05) is 11.6 Å². The molecule has 0 spiro atoms. The van der Waals surface area contributed by atoms with Crippen molar-refractivity contribution in [2.75, 3.05) is 30.9 Å². The molecule has 0 aliphatic heterocycles. The third kappa shape index (κ3) is 7.94. The van der Waals surface area contributed by atoms with Gasteiger partial charge in [0.2, 0.25) is 5.91 Å². The Morgan fingerprint density at radius 2 is 1.81 bits per heavy atom. The number of hydrogen-bond donors (Lipinski definition) is 2. The van der Waals surface area contributed by atoms with Gasteiger partial charge in [0.1, 0.15) is 6.10 Å². The van der Waals surface area contributed by atoms with E-state index in [1.807, 2.05) is 0 Å². The van der Waals surface area contributed by atoms with E-state index in [1.165, 1.54) is 23.5 Å². The molecule has 1 heterocycles. The molecule has 0 bridgehead atoms. The van der Waals surface area contributed by atoms with Crippen molar-refractivity contribution in [1.82, 2.24) is 4.98 Å². The van der Waals surface area contributed by atoms with Gasteiger partial charge in [0.15, 0.2) is 15.0 Å². The lowest BCUT2D eigenvalue weighted by Crippen LogP contribution is -2.23. The molecule has 9 nitrogen and oxygen atoms in total. The standard InChI is InChI=1S/C24H35N2O7PS2/c1-4-32-34(29,33-5-2)15-22(27)21-16-35-24(25-21)26-23(28)20(14-17-8-6-7-9-17)18-10-12-19(13-11-18)36(3,30)31/h10-13,16-17,20,22,27H,4-9,14-15H2,1-3H3,(H,25,26,28)/t20-,22?/m1/s1. The Bertz CT molecular complexity index is 1150. The Labute approximate surface area is 217 Å². The first-order valence-electron chi connectivity index (χ1n) is 12.2. The summed E-state index contributed by atoms with van der Waals surface area (Å²) in [6.07, 6.45) is 4.84. The van der Waals surface area contributed by atoms with Crippen LogP contribution >= 0.6 is 18.9 Å². The topological polar surface area (TPSA) is 132 Å². The average molecular weight is 559 g/mol. The largest absolute Gasteiger partial charge is 0.386 e. The minimum Gasteiger partial charge on any atom is -0.386 e. The number of nitrogens with one attached hydrogen (secondary N) is 1. The summed E-state index contributed by atoms with van der Waals surface area (Å²) in [6, 6.07) is 6.47. The zero-order valence-electron chi connectivity index (χ0n) is 20.9. The highest BCUT2D eigenvalue weighted by molar-refractivity contribution is 7.90. The van der Waals surface area contributed by atoms with Gasteiger partial charge in [-0.1, -0.05) is 37.8 Å². The molecule has 3 rings (SSSR count). The van der Waals surface area contributed by atoms with Crippen LogP contribution in [0, 0.1) is 5.92 Å². The summed E-state index contributed by atoms with van der Waals surface area (Å²) < 4.78 is 46.9. The van der Waals surface area contributed by atoms with Crippen LogP contribution in [0.3, 0.4) is 0 Å². The van der Waals surface area contributed by atoms with Gasteiger partial charge in [-0.2, -0.15) is 0 Å². The van der Waals surface area contributed by atoms with Gasteiger partial charge in [0.05, 0.1) is 35.9 Å². The molecule has 12 heteroatoms. The summed E-state index contributed by atoms with van der Waals surface area (Å²) in [5.41, 5.74) is 1.03. The van der Waals surface area contributed by atoms with E-state index in [1.54, 1.807) is 31.4 Å². The zero-order chi connectivity index (χ0) is 26.3. The van der Waals surface area contributed by atoms with Crippen LogP contribution in [0.4, 0.5) is 5.13 Å². The molecule has 1 aliphatic rings. The van der Waals surface area contributed by atoms with E-state index in [0.717, 1.165) is 37.5 Å². The minimum atomic E-state index is -3.46. The van der Waals surface area contributed by atoms with Crippen molar-refractivity contribution in [3.8, 4) is 0 Å². The summed E-state index contributed by atoms with van der Waals surface area (Å²) in [4.78, 5) is 17.9. The predicted octanol–water partition coefficient (Wildman–Crippen LogP) is 5.15. The van der Waals surface area contributed by atoms with E-state index in [9.17, 15) is 22.9 Å². The van der Waals surface area contributed by atoms with Gasteiger partial charge < -0.3 is 19.5 Å². The fraction of sp³-hybridized carbons (Fsp3) is 0.583. The van der Waals surface area contributed by atoms with Gasteiger partial charge in [-0.05, 0) is 43.9 Å². The number of aliphatic hydroxyl groups excluding tert-OH is 1. The Hall–Kier alpha value is -1.62. The summed E-state index contributed by atoms with van der Waals surface area (Å²) in [6.45, 7) is 3.78. The molecule has 2 aromatic rings. The number of aliphatic hydroxyl groups is 1. The fourth-order valence-electron chi connectivity index (χ4n) is 4.45. The Morgan fingerprint density at radius 1 is 1.19 bits per heavy atom. The number of hydrogen-bond acceptors (Lipinski definition) is 9. The Kier molecular flexibility index (Phi) is 10.3. The fourth-order valence-corrected chi connectivity index (χ4v) is 7.52.